The van der Waals surface area contributed by atoms with Crippen LogP contribution in [-0.4, -0.2) is 27.4 Å². The molecule has 0 unspecified atom stereocenters. The maximum absolute atomic E-state index is 5.58. The van der Waals surface area contributed by atoms with Crippen molar-refractivity contribution in [1.82, 2.24) is 0 Å². The fourth-order valence-electron chi connectivity index (χ4n) is 4.86. The molecule has 0 aromatic heterocycles. The molecule has 2 heteroatoms. The summed E-state index contributed by atoms with van der Waals surface area (Å²) in [5, 5.41) is 0. The summed E-state index contributed by atoms with van der Waals surface area (Å²) < 4.78 is 11.2. The lowest BCUT2D eigenvalue weighted by molar-refractivity contribution is 0.0107. The summed E-state index contributed by atoms with van der Waals surface area (Å²) in [4.78, 5) is 0. The van der Waals surface area contributed by atoms with Crippen LogP contribution < -0.4 is 0 Å². The van der Waals surface area contributed by atoms with Gasteiger partial charge in [0.25, 0.3) is 0 Å². The van der Waals surface area contributed by atoms with Crippen LogP contribution in [0.5, 0.6) is 0 Å². The quantitative estimate of drug-likeness (QED) is 0.455. The normalized spacial score (nSPS) is 21.7. The van der Waals surface area contributed by atoms with E-state index in [-0.39, 0.29) is 5.41 Å². The lowest BCUT2D eigenvalue weighted by Crippen LogP contribution is -2.29. The van der Waals surface area contributed by atoms with E-state index in [4.69, 9.17) is 9.47 Å². The molecule has 2 nitrogen and oxygen atoms in total. The predicted octanol–water partition coefficient (Wildman–Crippen LogP) is 6.50. The van der Waals surface area contributed by atoms with E-state index in [0.29, 0.717) is 11.8 Å². The summed E-state index contributed by atoms with van der Waals surface area (Å²) >= 11 is 0. The maximum atomic E-state index is 5.58. The van der Waals surface area contributed by atoms with Crippen molar-refractivity contribution < 1.29 is 9.47 Å². The zero-order valence-electron chi connectivity index (χ0n) is 18.0. The van der Waals surface area contributed by atoms with Gasteiger partial charge in [-0.2, -0.15) is 0 Å². The molecule has 154 valence electrons. The summed E-state index contributed by atoms with van der Waals surface area (Å²) in [6.45, 7) is 3.94. The van der Waals surface area contributed by atoms with Gasteiger partial charge in [-0.05, 0) is 47.8 Å². The topological polar surface area (TPSA) is 18.5 Å². The van der Waals surface area contributed by atoms with Crippen molar-refractivity contribution in [1.29, 1.82) is 0 Å². The van der Waals surface area contributed by atoms with Crippen LogP contribution in [-0.2, 0) is 9.47 Å². The highest BCUT2D eigenvalue weighted by molar-refractivity contribution is 5.61. The highest BCUT2D eigenvalue weighted by Crippen LogP contribution is 2.48. The molecule has 0 amide bonds. The van der Waals surface area contributed by atoms with Gasteiger partial charge in [-0.3, -0.25) is 0 Å². The van der Waals surface area contributed by atoms with Crippen molar-refractivity contribution in [2.75, 3.05) is 27.4 Å². The number of rotatable bonds is 9. The zero-order chi connectivity index (χ0) is 20.5. The Morgan fingerprint density at radius 2 is 1.48 bits per heavy atom. The monoisotopic (exact) mass is 390 g/mol. The molecule has 29 heavy (non-hydrogen) atoms. The molecule has 0 saturated heterocycles. The molecule has 1 aliphatic carbocycles. The molecule has 0 heterocycles. The Hall–Kier alpha value is -2.16. The molecule has 3 rings (SSSR count). The zero-order valence-corrected chi connectivity index (χ0v) is 18.0. The third-order valence-corrected chi connectivity index (χ3v) is 6.09. The van der Waals surface area contributed by atoms with Crippen molar-refractivity contribution in [2.24, 2.45) is 17.3 Å². The number of methoxy groups -OCH3 is 2. The lowest BCUT2D eigenvalue weighted by Gasteiger charge is -2.27. The van der Waals surface area contributed by atoms with Gasteiger partial charge in [0.1, 0.15) is 0 Å². The smallest absolute Gasteiger partial charge is 0.0540 e. The average Bonchev–Trinajstić information content (AvgIpc) is 3.03. The fourth-order valence-corrected chi connectivity index (χ4v) is 4.86. The van der Waals surface area contributed by atoms with E-state index in [9.17, 15) is 0 Å². The summed E-state index contributed by atoms with van der Waals surface area (Å²) in [5.41, 5.74) is 4.02. The molecule has 0 radical (unpaired) electrons. The molecule has 2 atom stereocenters. The SMILES string of the molecule is COCC1(COC)C[C@H](CC(/C=C\c2ccccc2)=C\c2ccccc2)[C@@H](C)C1. The van der Waals surface area contributed by atoms with Crippen molar-refractivity contribution >= 4 is 12.2 Å². The third kappa shape index (κ3) is 6.16. The van der Waals surface area contributed by atoms with E-state index < -0.39 is 0 Å². The van der Waals surface area contributed by atoms with E-state index in [1.807, 2.05) is 0 Å². The summed E-state index contributed by atoms with van der Waals surface area (Å²) in [7, 11) is 3.61. The van der Waals surface area contributed by atoms with Crippen LogP contribution in [0.1, 0.15) is 37.3 Å². The predicted molar refractivity (Wildman–Crippen MR) is 123 cm³/mol. The highest BCUT2D eigenvalue weighted by atomic mass is 16.5. The van der Waals surface area contributed by atoms with Crippen LogP contribution in [0.2, 0.25) is 0 Å². The molecular formula is C27H34O2. The molecular weight excluding hydrogens is 356 g/mol. The number of hydrogen-bond acceptors (Lipinski definition) is 2. The van der Waals surface area contributed by atoms with Crippen LogP contribution in [0.4, 0.5) is 0 Å². The van der Waals surface area contributed by atoms with Crippen molar-refractivity contribution in [2.45, 2.75) is 26.2 Å². The Morgan fingerprint density at radius 1 is 0.897 bits per heavy atom. The van der Waals surface area contributed by atoms with E-state index in [0.717, 1.165) is 26.1 Å². The highest BCUT2D eigenvalue weighted by Gasteiger charge is 2.43. The Labute approximate surface area is 176 Å². The molecule has 0 bridgehead atoms. The summed E-state index contributed by atoms with van der Waals surface area (Å²) in [6, 6.07) is 21.2. The number of ether oxygens (including phenoxy) is 2. The van der Waals surface area contributed by atoms with Crippen LogP contribution in [0.15, 0.2) is 72.3 Å². The Kier molecular flexibility index (Phi) is 7.85. The summed E-state index contributed by atoms with van der Waals surface area (Å²) in [6.07, 6.45) is 10.3. The fraction of sp³-hybridized carbons (Fsp3) is 0.407. The minimum Gasteiger partial charge on any atom is -0.384 e. The summed E-state index contributed by atoms with van der Waals surface area (Å²) in [5.74, 6) is 1.29. The first kappa shape index (κ1) is 21.5. The van der Waals surface area contributed by atoms with Crippen LogP contribution in [0.25, 0.3) is 12.2 Å². The second-order valence-electron chi connectivity index (χ2n) is 8.59. The molecule has 1 saturated carbocycles. The second-order valence-corrected chi connectivity index (χ2v) is 8.59. The minimum atomic E-state index is 0.147. The number of allylic oxidation sites excluding steroid dienone is 2. The van der Waals surface area contributed by atoms with Crippen molar-refractivity contribution in [3.63, 3.8) is 0 Å². The number of benzene rings is 2. The van der Waals surface area contributed by atoms with Gasteiger partial charge in [0.2, 0.25) is 0 Å². The van der Waals surface area contributed by atoms with Gasteiger partial charge in [-0.25, -0.2) is 0 Å². The Bertz CT molecular complexity index is 786. The lowest BCUT2D eigenvalue weighted by atomic mass is 9.85. The van der Waals surface area contributed by atoms with Gasteiger partial charge < -0.3 is 9.47 Å². The Balaban J connectivity index is 1.81. The van der Waals surface area contributed by atoms with E-state index >= 15 is 0 Å². The average molecular weight is 391 g/mol. The van der Waals surface area contributed by atoms with Gasteiger partial charge in [0.05, 0.1) is 13.2 Å². The Morgan fingerprint density at radius 3 is 2.07 bits per heavy atom. The third-order valence-electron chi connectivity index (χ3n) is 6.09. The first-order valence-electron chi connectivity index (χ1n) is 10.6. The number of hydrogen-bond donors (Lipinski definition) is 0. The van der Waals surface area contributed by atoms with Gasteiger partial charge in [-0.15, -0.1) is 0 Å². The van der Waals surface area contributed by atoms with E-state index in [1.165, 1.54) is 23.1 Å². The second kappa shape index (κ2) is 10.6. The van der Waals surface area contributed by atoms with Gasteiger partial charge in [0.15, 0.2) is 0 Å². The maximum Gasteiger partial charge on any atom is 0.0540 e. The standard InChI is InChI=1S/C27H34O2/c1-22-18-27(20-28-2,21-29-3)19-26(22)17-25(16-24-12-8-5-9-13-24)15-14-23-10-6-4-7-11-23/h4-16,22,26H,17-21H2,1-3H3/b15-14-,25-16-/t22-,26-/m0/s1. The van der Waals surface area contributed by atoms with Crippen LogP contribution >= 0.6 is 0 Å². The van der Waals surface area contributed by atoms with Crippen LogP contribution in [0.3, 0.4) is 0 Å². The first-order chi connectivity index (χ1) is 14.1. The van der Waals surface area contributed by atoms with Crippen LogP contribution in [0, 0.1) is 17.3 Å². The molecule has 0 N–H and O–H groups in total. The van der Waals surface area contributed by atoms with Crippen molar-refractivity contribution in [3.05, 3.63) is 83.4 Å². The molecule has 2 aromatic rings. The van der Waals surface area contributed by atoms with Gasteiger partial charge >= 0.3 is 0 Å². The van der Waals surface area contributed by atoms with Gasteiger partial charge in [0, 0.05) is 19.6 Å². The molecule has 2 aromatic carbocycles. The largest absolute Gasteiger partial charge is 0.384 e. The first-order valence-corrected chi connectivity index (χ1v) is 10.6. The molecule has 0 spiro atoms. The molecule has 1 aliphatic rings. The van der Waals surface area contributed by atoms with E-state index in [1.54, 1.807) is 14.2 Å². The minimum absolute atomic E-state index is 0.147. The van der Waals surface area contributed by atoms with Gasteiger partial charge in [-0.1, -0.05) is 85.8 Å². The van der Waals surface area contributed by atoms with E-state index in [2.05, 4.69) is 85.8 Å². The van der Waals surface area contributed by atoms with Crippen molar-refractivity contribution in [3.8, 4) is 0 Å². The molecule has 0 aliphatic heterocycles. The molecule has 1 fully saturated rings.